The van der Waals surface area contributed by atoms with Crippen molar-refractivity contribution in [2.24, 2.45) is 0 Å². The number of benzene rings is 2. The van der Waals surface area contributed by atoms with Crippen LogP contribution in [0.3, 0.4) is 0 Å². The summed E-state index contributed by atoms with van der Waals surface area (Å²) < 4.78 is 71.9. The van der Waals surface area contributed by atoms with E-state index in [4.69, 9.17) is 16.3 Å². The molecular formula is C18H18ClF3N2O5S. The summed E-state index contributed by atoms with van der Waals surface area (Å²) in [5.74, 6) is -0.390. The van der Waals surface area contributed by atoms with Gasteiger partial charge in [0.1, 0.15) is 18.1 Å². The molecule has 0 fully saturated rings. The number of rotatable bonds is 10. The minimum atomic E-state index is -4.87. The van der Waals surface area contributed by atoms with E-state index in [2.05, 4.69) is 14.8 Å². The smallest absolute Gasteiger partial charge is 0.492 e. The van der Waals surface area contributed by atoms with Crippen molar-refractivity contribution in [2.75, 3.05) is 19.7 Å². The van der Waals surface area contributed by atoms with Crippen molar-refractivity contribution in [2.45, 2.75) is 17.7 Å². The highest BCUT2D eigenvalue weighted by Gasteiger charge is 2.31. The molecule has 0 unspecified atom stereocenters. The zero-order valence-electron chi connectivity index (χ0n) is 15.4. The molecule has 0 spiro atoms. The van der Waals surface area contributed by atoms with E-state index in [0.29, 0.717) is 10.8 Å². The predicted molar refractivity (Wildman–Crippen MR) is 103 cm³/mol. The van der Waals surface area contributed by atoms with E-state index in [1.54, 1.807) is 24.3 Å². The fourth-order valence-corrected chi connectivity index (χ4v) is 3.42. The normalized spacial score (nSPS) is 11.7. The Bertz CT molecular complexity index is 953. The van der Waals surface area contributed by atoms with Gasteiger partial charge in [-0.2, -0.15) is 0 Å². The van der Waals surface area contributed by atoms with Crippen LogP contribution in [0.1, 0.15) is 6.42 Å². The Hall–Kier alpha value is -2.50. The molecule has 2 aromatic rings. The standard InChI is InChI=1S/C18H18ClF3N2O5S/c19-13-2-1-3-15(12-13)28-11-10-23-17(25)8-9-24-30(26,27)16-6-4-14(5-7-16)29-18(20,21)22/h1-7,12,24H,8-11H2,(H,23,25). The summed E-state index contributed by atoms with van der Waals surface area (Å²) in [5, 5.41) is 3.09. The number of alkyl halides is 3. The van der Waals surface area contributed by atoms with Crippen LogP contribution in [-0.2, 0) is 14.8 Å². The van der Waals surface area contributed by atoms with E-state index >= 15 is 0 Å². The van der Waals surface area contributed by atoms with Crippen LogP contribution in [0.2, 0.25) is 5.02 Å². The van der Waals surface area contributed by atoms with Gasteiger partial charge in [0.15, 0.2) is 0 Å². The van der Waals surface area contributed by atoms with Crippen LogP contribution in [0.25, 0.3) is 0 Å². The van der Waals surface area contributed by atoms with Gasteiger partial charge in [0.25, 0.3) is 0 Å². The van der Waals surface area contributed by atoms with Crippen molar-refractivity contribution in [1.82, 2.24) is 10.0 Å². The number of amides is 1. The first-order chi connectivity index (χ1) is 14.0. The molecule has 0 aliphatic heterocycles. The van der Waals surface area contributed by atoms with Crippen LogP contribution < -0.4 is 19.5 Å². The number of ether oxygens (including phenoxy) is 2. The Kier molecular flexibility index (Phi) is 8.33. The largest absolute Gasteiger partial charge is 0.573 e. The minimum Gasteiger partial charge on any atom is -0.492 e. The second-order valence-electron chi connectivity index (χ2n) is 5.82. The first-order valence-corrected chi connectivity index (χ1v) is 10.4. The number of hydrogen-bond acceptors (Lipinski definition) is 5. The molecule has 12 heteroatoms. The van der Waals surface area contributed by atoms with E-state index in [1.807, 2.05) is 0 Å². The molecule has 7 nitrogen and oxygen atoms in total. The summed E-state index contributed by atoms with van der Waals surface area (Å²) in [4.78, 5) is 11.5. The highest BCUT2D eigenvalue weighted by Crippen LogP contribution is 2.23. The van der Waals surface area contributed by atoms with E-state index in [9.17, 15) is 26.4 Å². The fourth-order valence-electron chi connectivity index (χ4n) is 2.21. The van der Waals surface area contributed by atoms with Gasteiger partial charge in [-0.1, -0.05) is 17.7 Å². The SMILES string of the molecule is O=C(CCNS(=O)(=O)c1ccc(OC(F)(F)F)cc1)NCCOc1cccc(Cl)c1. The zero-order chi connectivity index (χ0) is 22.2. The molecule has 0 aromatic heterocycles. The third-order valence-electron chi connectivity index (χ3n) is 3.50. The van der Waals surface area contributed by atoms with Gasteiger partial charge < -0.3 is 14.8 Å². The number of carbonyl (C=O) groups is 1. The maximum atomic E-state index is 12.1. The first kappa shape index (κ1) is 23.8. The van der Waals surface area contributed by atoms with Gasteiger partial charge in [-0.3, -0.25) is 4.79 Å². The van der Waals surface area contributed by atoms with E-state index < -0.39 is 28.0 Å². The van der Waals surface area contributed by atoms with Crippen molar-refractivity contribution in [3.8, 4) is 11.5 Å². The molecule has 0 atom stereocenters. The lowest BCUT2D eigenvalue weighted by Gasteiger charge is -2.10. The lowest BCUT2D eigenvalue weighted by Crippen LogP contribution is -2.32. The van der Waals surface area contributed by atoms with Crippen LogP contribution in [0.15, 0.2) is 53.4 Å². The molecule has 0 saturated heterocycles. The van der Waals surface area contributed by atoms with Crippen LogP contribution >= 0.6 is 11.6 Å². The van der Waals surface area contributed by atoms with E-state index in [-0.39, 0.29) is 31.0 Å². The van der Waals surface area contributed by atoms with Crippen LogP contribution in [0.5, 0.6) is 11.5 Å². The number of halogens is 4. The maximum Gasteiger partial charge on any atom is 0.573 e. The average Bonchev–Trinajstić information content (AvgIpc) is 2.64. The van der Waals surface area contributed by atoms with Crippen molar-refractivity contribution in [1.29, 1.82) is 0 Å². The summed E-state index contributed by atoms with van der Waals surface area (Å²) >= 11 is 5.82. The molecule has 164 valence electrons. The topological polar surface area (TPSA) is 93.7 Å². The summed E-state index contributed by atoms with van der Waals surface area (Å²) in [5.41, 5.74) is 0. The molecule has 0 aliphatic carbocycles. The van der Waals surface area contributed by atoms with Crippen LogP contribution in [-0.4, -0.2) is 40.4 Å². The van der Waals surface area contributed by atoms with Crippen molar-refractivity contribution in [3.05, 3.63) is 53.6 Å². The van der Waals surface area contributed by atoms with E-state index in [1.165, 1.54) is 0 Å². The highest BCUT2D eigenvalue weighted by atomic mass is 35.5. The molecule has 2 rings (SSSR count). The van der Waals surface area contributed by atoms with Crippen molar-refractivity contribution in [3.63, 3.8) is 0 Å². The second-order valence-corrected chi connectivity index (χ2v) is 8.03. The average molecular weight is 467 g/mol. The fraction of sp³-hybridized carbons (Fsp3) is 0.278. The Morgan fingerprint density at radius 2 is 1.73 bits per heavy atom. The Morgan fingerprint density at radius 1 is 1.03 bits per heavy atom. The predicted octanol–water partition coefficient (Wildman–Crippen LogP) is 3.10. The summed E-state index contributed by atoms with van der Waals surface area (Å²) in [6.45, 7) is 0.215. The van der Waals surface area contributed by atoms with Crippen molar-refractivity contribution < 1.29 is 35.9 Å². The molecule has 1 amide bonds. The zero-order valence-corrected chi connectivity index (χ0v) is 17.0. The summed E-state index contributed by atoms with van der Waals surface area (Å²) in [6, 6.07) is 10.5. The molecule has 0 heterocycles. The molecule has 0 saturated carbocycles. The van der Waals surface area contributed by atoms with Gasteiger partial charge in [0.2, 0.25) is 15.9 Å². The highest BCUT2D eigenvalue weighted by molar-refractivity contribution is 7.89. The monoisotopic (exact) mass is 466 g/mol. The maximum absolute atomic E-state index is 12.1. The summed E-state index contributed by atoms with van der Waals surface area (Å²) in [7, 11) is -3.99. The van der Waals surface area contributed by atoms with Gasteiger partial charge in [0, 0.05) is 18.0 Å². The second kappa shape index (κ2) is 10.5. The Balaban J connectivity index is 1.71. The van der Waals surface area contributed by atoms with Gasteiger partial charge in [-0.25, -0.2) is 13.1 Å². The number of carbonyl (C=O) groups excluding carboxylic acids is 1. The number of hydrogen-bond donors (Lipinski definition) is 2. The van der Waals surface area contributed by atoms with E-state index in [0.717, 1.165) is 24.3 Å². The van der Waals surface area contributed by atoms with Gasteiger partial charge in [-0.15, -0.1) is 13.2 Å². The molecule has 0 radical (unpaired) electrons. The molecule has 30 heavy (non-hydrogen) atoms. The molecular weight excluding hydrogens is 449 g/mol. The molecule has 0 bridgehead atoms. The third-order valence-corrected chi connectivity index (χ3v) is 5.21. The lowest BCUT2D eigenvalue weighted by atomic mass is 10.3. The number of sulfonamides is 1. The van der Waals surface area contributed by atoms with Gasteiger partial charge >= 0.3 is 6.36 Å². The van der Waals surface area contributed by atoms with Crippen molar-refractivity contribution >= 4 is 27.5 Å². The van der Waals surface area contributed by atoms with Crippen LogP contribution in [0, 0.1) is 0 Å². The Morgan fingerprint density at radius 3 is 2.37 bits per heavy atom. The molecule has 2 aromatic carbocycles. The molecule has 0 aliphatic rings. The Labute approximate surface area is 176 Å². The van der Waals surface area contributed by atoms with Gasteiger partial charge in [0.05, 0.1) is 11.4 Å². The first-order valence-electron chi connectivity index (χ1n) is 8.56. The summed E-state index contributed by atoms with van der Waals surface area (Å²) in [6.07, 6.45) is -5.00. The molecule has 2 N–H and O–H groups in total. The van der Waals surface area contributed by atoms with Crippen LogP contribution in [0.4, 0.5) is 13.2 Å². The number of nitrogens with one attached hydrogen (secondary N) is 2. The third kappa shape index (κ3) is 8.47. The minimum absolute atomic E-state index is 0.133. The van der Waals surface area contributed by atoms with Gasteiger partial charge in [-0.05, 0) is 42.5 Å². The lowest BCUT2D eigenvalue weighted by molar-refractivity contribution is -0.274. The quantitative estimate of drug-likeness (QED) is 0.525.